The number of rotatable bonds is 2. The third kappa shape index (κ3) is 2.42. The standard InChI is InChI=1S/C13H18N2O2/c1-8-3-4-9-5-6-10(17-2)7-11(9)12(15-8)13(14)16/h5-8,12,15H,3-4H2,1-2H3,(H2,14,16). The Bertz CT molecular complexity index is 431. The molecule has 0 saturated heterocycles. The van der Waals surface area contributed by atoms with Crippen LogP contribution in [0.25, 0.3) is 0 Å². The predicted octanol–water partition coefficient (Wildman–Crippen LogP) is 1.15. The molecule has 17 heavy (non-hydrogen) atoms. The topological polar surface area (TPSA) is 64.3 Å². The molecular formula is C13H18N2O2. The molecule has 0 bridgehead atoms. The lowest BCUT2D eigenvalue weighted by Crippen LogP contribution is -2.37. The third-order valence-electron chi connectivity index (χ3n) is 3.25. The fourth-order valence-electron chi connectivity index (χ4n) is 2.26. The van der Waals surface area contributed by atoms with E-state index in [9.17, 15) is 4.79 Å². The van der Waals surface area contributed by atoms with Gasteiger partial charge in [-0.05, 0) is 43.0 Å². The maximum atomic E-state index is 11.5. The molecule has 0 aromatic heterocycles. The van der Waals surface area contributed by atoms with E-state index in [-0.39, 0.29) is 11.9 Å². The van der Waals surface area contributed by atoms with Crippen molar-refractivity contribution in [2.24, 2.45) is 5.73 Å². The summed E-state index contributed by atoms with van der Waals surface area (Å²) in [5, 5.41) is 3.26. The molecule has 0 saturated carbocycles. The van der Waals surface area contributed by atoms with Crippen LogP contribution in [0.1, 0.15) is 30.5 Å². The number of fused-ring (bicyclic) bond motifs is 1. The fraction of sp³-hybridized carbons (Fsp3) is 0.462. The van der Waals surface area contributed by atoms with Crippen molar-refractivity contribution < 1.29 is 9.53 Å². The smallest absolute Gasteiger partial charge is 0.239 e. The number of ether oxygens (including phenoxy) is 1. The van der Waals surface area contributed by atoms with E-state index >= 15 is 0 Å². The van der Waals surface area contributed by atoms with Crippen molar-refractivity contribution in [1.29, 1.82) is 0 Å². The Morgan fingerprint density at radius 1 is 1.53 bits per heavy atom. The first-order chi connectivity index (χ1) is 8.11. The number of primary amides is 1. The molecule has 1 aliphatic heterocycles. The number of benzene rings is 1. The lowest BCUT2D eigenvalue weighted by Gasteiger charge is -2.18. The molecule has 4 nitrogen and oxygen atoms in total. The van der Waals surface area contributed by atoms with E-state index in [4.69, 9.17) is 10.5 Å². The van der Waals surface area contributed by atoms with Gasteiger partial charge in [0.25, 0.3) is 0 Å². The Kier molecular flexibility index (Phi) is 3.33. The van der Waals surface area contributed by atoms with Crippen molar-refractivity contribution in [3.63, 3.8) is 0 Å². The normalized spacial score (nSPS) is 23.6. The lowest BCUT2D eigenvalue weighted by molar-refractivity contribution is -0.120. The van der Waals surface area contributed by atoms with Crippen LogP contribution in [0.4, 0.5) is 0 Å². The predicted molar refractivity (Wildman–Crippen MR) is 65.8 cm³/mol. The highest BCUT2D eigenvalue weighted by molar-refractivity contribution is 5.82. The average Bonchev–Trinajstić information content (AvgIpc) is 2.48. The Balaban J connectivity index is 2.45. The van der Waals surface area contributed by atoms with Crippen molar-refractivity contribution in [2.45, 2.75) is 31.8 Å². The van der Waals surface area contributed by atoms with Gasteiger partial charge in [0.2, 0.25) is 5.91 Å². The van der Waals surface area contributed by atoms with Crippen LogP contribution in [0.3, 0.4) is 0 Å². The molecule has 0 spiro atoms. The zero-order chi connectivity index (χ0) is 12.4. The van der Waals surface area contributed by atoms with Gasteiger partial charge in [0, 0.05) is 6.04 Å². The summed E-state index contributed by atoms with van der Waals surface area (Å²) < 4.78 is 5.20. The van der Waals surface area contributed by atoms with Gasteiger partial charge < -0.3 is 10.5 Å². The summed E-state index contributed by atoms with van der Waals surface area (Å²) in [6.07, 6.45) is 1.96. The Hall–Kier alpha value is -1.55. The molecule has 1 aromatic rings. The molecule has 1 aromatic carbocycles. The van der Waals surface area contributed by atoms with Crippen LogP contribution in [-0.2, 0) is 11.2 Å². The monoisotopic (exact) mass is 234 g/mol. The van der Waals surface area contributed by atoms with E-state index in [0.29, 0.717) is 0 Å². The van der Waals surface area contributed by atoms with Crippen LogP contribution in [0.15, 0.2) is 18.2 Å². The van der Waals surface area contributed by atoms with Crippen molar-refractivity contribution >= 4 is 5.91 Å². The van der Waals surface area contributed by atoms with Crippen LogP contribution in [0, 0.1) is 0 Å². The number of hydrogen-bond acceptors (Lipinski definition) is 3. The molecule has 2 atom stereocenters. The summed E-state index contributed by atoms with van der Waals surface area (Å²) in [6.45, 7) is 2.07. The highest BCUT2D eigenvalue weighted by atomic mass is 16.5. The molecule has 1 heterocycles. The van der Waals surface area contributed by atoms with Crippen molar-refractivity contribution in [1.82, 2.24) is 5.32 Å². The van der Waals surface area contributed by atoms with E-state index in [2.05, 4.69) is 12.2 Å². The van der Waals surface area contributed by atoms with Gasteiger partial charge in [-0.25, -0.2) is 0 Å². The minimum Gasteiger partial charge on any atom is -0.497 e. The minimum absolute atomic E-state index is 0.283. The van der Waals surface area contributed by atoms with Crippen molar-refractivity contribution in [3.8, 4) is 5.75 Å². The number of methoxy groups -OCH3 is 1. The molecule has 4 heteroatoms. The van der Waals surface area contributed by atoms with E-state index < -0.39 is 6.04 Å². The SMILES string of the molecule is COc1ccc2c(c1)C(C(N)=O)NC(C)CC2. The number of hydrogen-bond donors (Lipinski definition) is 2. The summed E-state index contributed by atoms with van der Waals surface area (Å²) in [5.74, 6) is 0.416. The Morgan fingerprint density at radius 3 is 2.94 bits per heavy atom. The third-order valence-corrected chi connectivity index (χ3v) is 3.25. The first-order valence-corrected chi connectivity index (χ1v) is 5.84. The molecule has 3 N–H and O–H groups in total. The van der Waals surface area contributed by atoms with Crippen LogP contribution >= 0.6 is 0 Å². The van der Waals surface area contributed by atoms with Crippen LogP contribution in [-0.4, -0.2) is 19.1 Å². The molecule has 2 rings (SSSR count). The number of carbonyl (C=O) groups excluding carboxylic acids is 1. The first-order valence-electron chi connectivity index (χ1n) is 5.84. The molecule has 92 valence electrons. The summed E-state index contributed by atoms with van der Waals surface area (Å²) in [5.41, 5.74) is 7.58. The summed E-state index contributed by atoms with van der Waals surface area (Å²) in [6, 6.07) is 5.70. The van der Waals surface area contributed by atoms with Crippen LogP contribution < -0.4 is 15.8 Å². The molecule has 2 unspecified atom stereocenters. The van der Waals surface area contributed by atoms with E-state index in [1.165, 1.54) is 5.56 Å². The second kappa shape index (κ2) is 4.75. The molecular weight excluding hydrogens is 216 g/mol. The highest BCUT2D eigenvalue weighted by Gasteiger charge is 2.26. The van der Waals surface area contributed by atoms with Gasteiger partial charge in [-0.2, -0.15) is 0 Å². The van der Waals surface area contributed by atoms with Crippen molar-refractivity contribution in [3.05, 3.63) is 29.3 Å². The highest BCUT2D eigenvalue weighted by Crippen LogP contribution is 2.28. The average molecular weight is 234 g/mol. The van der Waals surface area contributed by atoms with Gasteiger partial charge in [0.05, 0.1) is 7.11 Å². The van der Waals surface area contributed by atoms with E-state index in [1.807, 2.05) is 18.2 Å². The number of amides is 1. The molecule has 0 radical (unpaired) electrons. The second-order valence-electron chi connectivity index (χ2n) is 4.51. The molecule has 0 fully saturated rings. The van der Waals surface area contributed by atoms with Crippen molar-refractivity contribution in [2.75, 3.05) is 7.11 Å². The maximum Gasteiger partial charge on any atom is 0.239 e. The largest absolute Gasteiger partial charge is 0.497 e. The Labute approximate surface area is 101 Å². The van der Waals surface area contributed by atoms with Gasteiger partial charge in [-0.1, -0.05) is 6.07 Å². The van der Waals surface area contributed by atoms with Crippen LogP contribution in [0.5, 0.6) is 5.75 Å². The van der Waals surface area contributed by atoms with Gasteiger partial charge >= 0.3 is 0 Å². The second-order valence-corrected chi connectivity index (χ2v) is 4.51. The van der Waals surface area contributed by atoms with Gasteiger partial charge in [-0.15, -0.1) is 0 Å². The van der Waals surface area contributed by atoms with Gasteiger partial charge in [0.15, 0.2) is 0 Å². The lowest BCUT2D eigenvalue weighted by atomic mass is 9.98. The summed E-state index contributed by atoms with van der Waals surface area (Å²) in [4.78, 5) is 11.5. The number of aryl methyl sites for hydroxylation is 1. The van der Waals surface area contributed by atoms with Gasteiger partial charge in [-0.3, -0.25) is 10.1 Å². The van der Waals surface area contributed by atoms with Gasteiger partial charge in [0.1, 0.15) is 11.8 Å². The van der Waals surface area contributed by atoms with Crippen LogP contribution in [0.2, 0.25) is 0 Å². The fourth-order valence-corrected chi connectivity index (χ4v) is 2.26. The minimum atomic E-state index is -0.419. The number of carbonyl (C=O) groups is 1. The summed E-state index contributed by atoms with van der Waals surface area (Å²) in [7, 11) is 1.62. The molecule has 1 amide bonds. The molecule has 1 aliphatic rings. The van der Waals surface area contributed by atoms with E-state index in [1.54, 1.807) is 7.11 Å². The Morgan fingerprint density at radius 2 is 2.29 bits per heavy atom. The first kappa shape index (κ1) is 11.9. The number of nitrogens with two attached hydrogens (primary N) is 1. The zero-order valence-corrected chi connectivity index (χ0v) is 10.2. The number of nitrogens with one attached hydrogen (secondary N) is 1. The quantitative estimate of drug-likeness (QED) is 0.806. The summed E-state index contributed by atoms with van der Waals surface area (Å²) >= 11 is 0. The molecule has 0 aliphatic carbocycles. The van der Waals surface area contributed by atoms with E-state index in [0.717, 1.165) is 24.2 Å². The maximum absolute atomic E-state index is 11.5. The zero-order valence-electron chi connectivity index (χ0n) is 10.2.